The molecule has 29 heavy (non-hydrogen) atoms. The predicted molar refractivity (Wildman–Crippen MR) is 102 cm³/mol. The van der Waals surface area contributed by atoms with Crippen LogP contribution in [0.2, 0.25) is 0 Å². The maximum Gasteiger partial charge on any atom is 0.282 e. The standard InChI is InChI=1S/C19H10N4O6/c24-18-14-6-2-5-13-16(23(28)29)8-7-15(17(13)14)19(25)21(18)20-10-11-3-1-4-12(9-11)22(26)27/h1-10H/b20-10+. The number of nitrogens with zero attached hydrogens (tertiary/aromatic N) is 4. The Kier molecular flexibility index (Phi) is 4.08. The van der Waals surface area contributed by atoms with E-state index in [-0.39, 0.29) is 33.3 Å². The molecule has 0 bridgehead atoms. The van der Waals surface area contributed by atoms with Crippen molar-refractivity contribution in [2.45, 2.75) is 0 Å². The molecule has 2 amide bonds. The normalized spacial score (nSPS) is 13.3. The molecule has 0 N–H and O–H groups in total. The molecule has 1 aliphatic rings. The van der Waals surface area contributed by atoms with Gasteiger partial charge in [-0.05, 0) is 18.2 Å². The summed E-state index contributed by atoms with van der Waals surface area (Å²) in [4.78, 5) is 46.6. The number of amides is 2. The number of imide groups is 1. The SMILES string of the molecule is O=C1c2cccc3c([N+](=O)[O-])ccc(c23)C(=O)N1/N=C/c1cccc([N+](=O)[O-])c1. The monoisotopic (exact) mass is 390 g/mol. The second kappa shape index (κ2) is 6.60. The van der Waals surface area contributed by atoms with Crippen LogP contribution in [-0.2, 0) is 0 Å². The Bertz CT molecular complexity index is 1240. The molecule has 1 heterocycles. The minimum atomic E-state index is -0.740. The third-order valence-corrected chi connectivity index (χ3v) is 4.46. The van der Waals surface area contributed by atoms with Gasteiger partial charge in [0.2, 0.25) is 0 Å². The fraction of sp³-hybridized carbons (Fsp3) is 0. The molecule has 1 aliphatic heterocycles. The van der Waals surface area contributed by atoms with Crippen molar-refractivity contribution in [2.75, 3.05) is 0 Å². The molecule has 0 unspecified atom stereocenters. The van der Waals surface area contributed by atoms with Gasteiger partial charge in [0.05, 0.1) is 32.6 Å². The lowest BCUT2D eigenvalue weighted by molar-refractivity contribution is -0.384. The molecule has 0 fully saturated rings. The zero-order valence-corrected chi connectivity index (χ0v) is 14.5. The zero-order chi connectivity index (χ0) is 20.7. The van der Waals surface area contributed by atoms with E-state index in [1.807, 2.05) is 0 Å². The molecule has 0 aromatic heterocycles. The average molecular weight is 390 g/mol. The number of rotatable bonds is 4. The van der Waals surface area contributed by atoms with Crippen molar-refractivity contribution in [3.05, 3.63) is 91.5 Å². The minimum absolute atomic E-state index is 0.108. The van der Waals surface area contributed by atoms with Crippen molar-refractivity contribution in [2.24, 2.45) is 5.10 Å². The molecule has 0 atom stereocenters. The molecule has 0 spiro atoms. The van der Waals surface area contributed by atoms with Crippen LogP contribution in [0.4, 0.5) is 11.4 Å². The summed E-state index contributed by atoms with van der Waals surface area (Å²) in [6.07, 6.45) is 1.17. The van der Waals surface area contributed by atoms with Crippen LogP contribution in [0.25, 0.3) is 10.8 Å². The van der Waals surface area contributed by atoms with Crippen molar-refractivity contribution < 1.29 is 19.4 Å². The second-order valence-electron chi connectivity index (χ2n) is 6.14. The smallest absolute Gasteiger partial charge is 0.267 e. The molecule has 4 rings (SSSR count). The van der Waals surface area contributed by atoms with Gasteiger partial charge in [0.25, 0.3) is 23.2 Å². The van der Waals surface area contributed by atoms with Gasteiger partial charge >= 0.3 is 0 Å². The Morgan fingerprint density at radius 3 is 2.24 bits per heavy atom. The summed E-state index contributed by atoms with van der Waals surface area (Å²) < 4.78 is 0. The van der Waals surface area contributed by atoms with Crippen LogP contribution in [0.5, 0.6) is 0 Å². The highest BCUT2D eigenvalue weighted by molar-refractivity contribution is 6.26. The van der Waals surface area contributed by atoms with Gasteiger partial charge in [-0.1, -0.05) is 18.2 Å². The van der Waals surface area contributed by atoms with Crippen LogP contribution in [0.15, 0.2) is 59.7 Å². The Labute approximate surface area is 162 Å². The van der Waals surface area contributed by atoms with Crippen molar-refractivity contribution in [1.82, 2.24) is 5.01 Å². The van der Waals surface area contributed by atoms with Gasteiger partial charge in [-0.2, -0.15) is 10.1 Å². The molecular weight excluding hydrogens is 380 g/mol. The molecular formula is C19H10N4O6. The van der Waals surface area contributed by atoms with E-state index in [1.165, 1.54) is 60.8 Å². The van der Waals surface area contributed by atoms with Crippen LogP contribution in [0, 0.1) is 20.2 Å². The first-order valence-electron chi connectivity index (χ1n) is 8.26. The number of non-ortho nitro benzene ring substituents is 2. The van der Waals surface area contributed by atoms with E-state index in [0.717, 1.165) is 0 Å². The molecule has 3 aromatic rings. The van der Waals surface area contributed by atoms with Crippen LogP contribution in [-0.4, -0.2) is 32.9 Å². The number of hydrogen-bond acceptors (Lipinski definition) is 7. The number of hydrogen-bond donors (Lipinski definition) is 0. The highest BCUT2D eigenvalue weighted by Gasteiger charge is 2.34. The van der Waals surface area contributed by atoms with Crippen LogP contribution in [0.3, 0.4) is 0 Å². The lowest BCUT2D eigenvalue weighted by Crippen LogP contribution is -2.36. The number of benzene rings is 3. The first-order valence-corrected chi connectivity index (χ1v) is 8.26. The first kappa shape index (κ1) is 17.9. The van der Waals surface area contributed by atoms with E-state index >= 15 is 0 Å². The Morgan fingerprint density at radius 2 is 1.55 bits per heavy atom. The Balaban J connectivity index is 1.79. The largest absolute Gasteiger partial charge is 0.282 e. The summed E-state index contributed by atoms with van der Waals surface area (Å²) >= 11 is 0. The molecule has 142 valence electrons. The van der Waals surface area contributed by atoms with Gasteiger partial charge in [-0.15, -0.1) is 0 Å². The maximum absolute atomic E-state index is 12.8. The topological polar surface area (TPSA) is 136 Å². The lowest BCUT2D eigenvalue weighted by atomic mass is 9.94. The van der Waals surface area contributed by atoms with E-state index in [2.05, 4.69) is 5.10 Å². The highest BCUT2D eigenvalue weighted by Crippen LogP contribution is 2.35. The van der Waals surface area contributed by atoms with E-state index in [0.29, 0.717) is 10.6 Å². The van der Waals surface area contributed by atoms with Crippen molar-refractivity contribution >= 4 is 40.2 Å². The van der Waals surface area contributed by atoms with Crippen LogP contribution < -0.4 is 0 Å². The molecule has 0 aliphatic carbocycles. The molecule has 0 radical (unpaired) electrons. The lowest BCUT2D eigenvalue weighted by Gasteiger charge is -2.22. The number of carbonyl (C=O) groups excluding carboxylic acids is 2. The average Bonchev–Trinajstić information content (AvgIpc) is 2.71. The Morgan fingerprint density at radius 1 is 0.862 bits per heavy atom. The van der Waals surface area contributed by atoms with Gasteiger partial charge in [0.1, 0.15) is 0 Å². The summed E-state index contributed by atoms with van der Waals surface area (Å²) in [7, 11) is 0. The van der Waals surface area contributed by atoms with Gasteiger partial charge in [0, 0.05) is 29.1 Å². The van der Waals surface area contributed by atoms with Crippen LogP contribution >= 0.6 is 0 Å². The highest BCUT2D eigenvalue weighted by atomic mass is 16.6. The summed E-state index contributed by atoms with van der Waals surface area (Å²) in [5, 5.41) is 27.1. The quantitative estimate of drug-likeness (QED) is 0.290. The van der Waals surface area contributed by atoms with Gasteiger partial charge in [0.15, 0.2) is 0 Å². The summed E-state index contributed by atoms with van der Waals surface area (Å²) in [5.74, 6) is -1.48. The van der Waals surface area contributed by atoms with E-state index in [9.17, 15) is 29.8 Å². The number of nitro groups is 2. The molecule has 0 saturated carbocycles. The number of carbonyl (C=O) groups is 2. The van der Waals surface area contributed by atoms with E-state index < -0.39 is 21.7 Å². The second-order valence-corrected chi connectivity index (χ2v) is 6.14. The minimum Gasteiger partial charge on any atom is -0.267 e. The van der Waals surface area contributed by atoms with Crippen molar-refractivity contribution in [3.8, 4) is 0 Å². The van der Waals surface area contributed by atoms with Crippen molar-refractivity contribution in [1.29, 1.82) is 0 Å². The Hall–Kier alpha value is -4.47. The van der Waals surface area contributed by atoms with Crippen molar-refractivity contribution in [3.63, 3.8) is 0 Å². The third-order valence-electron chi connectivity index (χ3n) is 4.46. The van der Waals surface area contributed by atoms with Gasteiger partial charge in [-0.3, -0.25) is 29.8 Å². The first-order chi connectivity index (χ1) is 13.9. The summed E-state index contributed by atoms with van der Waals surface area (Å²) in [5.41, 5.74) is 0.175. The predicted octanol–water partition coefficient (Wildman–Crippen LogP) is 3.29. The fourth-order valence-corrected chi connectivity index (χ4v) is 3.18. The van der Waals surface area contributed by atoms with E-state index in [4.69, 9.17) is 0 Å². The number of nitro benzene ring substituents is 2. The molecule has 10 nitrogen and oxygen atoms in total. The molecule has 10 heteroatoms. The molecule has 3 aromatic carbocycles. The van der Waals surface area contributed by atoms with Gasteiger partial charge in [-0.25, -0.2) is 0 Å². The molecule has 0 saturated heterocycles. The summed E-state index contributed by atoms with van der Waals surface area (Å²) in [6.45, 7) is 0. The zero-order valence-electron chi connectivity index (χ0n) is 14.5. The van der Waals surface area contributed by atoms with Crippen LogP contribution in [0.1, 0.15) is 26.3 Å². The fourth-order valence-electron chi connectivity index (χ4n) is 3.18. The maximum atomic E-state index is 12.8. The summed E-state index contributed by atoms with van der Waals surface area (Å²) in [6, 6.07) is 12.5. The number of hydrazone groups is 1. The third kappa shape index (κ3) is 2.88. The van der Waals surface area contributed by atoms with E-state index in [1.54, 1.807) is 0 Å². The van der Waals surface area contributed by atoms with Gasteiger partial charge < -0.3 is 0 Å².